The van der Waals surface area contributed by atoms with Crippen molar-refractivity contribution in [2.75, 3.05) is 6.54 Å². The number of hydrogen-bond donors (Lipinski definition) is 1. The summed E-state index contributed by atoms with van der Waals surface area (Å²) in [5, 5.41) is 10.1. The lowest BCUT2D eigenvalue weighted by Crippen LogP contribution is -2.47. The minimum atomic E-state index is -0.928. The Hall–Kier alpha value is -2.30. The molecule has 1 amide bonds. The minimum absolute atomic E-state index is 0.220. The van der Waals surface area contributed by atoms with Crippen molar-refractivity contribution in [1.29, 1.82) is 0 Å². The molecule has 1 atom stereocenters. The number of amides is 1. The van der Waals surface area contributed by atoms with E-state index in [1.807, 2.05) is 13.0 Å². The molecule has 1 aromatic heterocycles. The minimum Gasteiger partial charge on any atom is -0.480 e. The molecule has 1 fully saturated rings. The molecule has 0 radical (unpaired) electrons. The maximum Gasteiger partial charge on any atom is 0.326 e. The molecule has 2 aromatic rings. The molecule has 1 aliphatic heterocycles. The van der Waals surface area contributed by atoms with Crippen LogP contribution in [0.1, 0.15) is 35.4 Å². The number of piperidine rings is 1. The Morgan fingerprint density at radius 2 is 2.10 bits per heavy atom. The van der Waals surface area contributed by atoms with Gasteiger partial charge in [0.15, 0.2) is 0 Å². The van der Waals surface area contributed by atoms with Gasteiger partial charge in [-0.2, -0.15) is 0 Å². The third-order valence-electron chi connectivity index (χ3n) is 3.94. The highest BCUT2D eigenvalue weighted by Crippen LogP contribution is 2.24. The number of nitrogens with zero attached hydrogens (tertiary/aromatic N) is 1. The summed E-state index contributed by atoms with van der Waals surface area (Å²) in [6.07, 6.45) is 2.22. The van der Waals surface area contributed by atoms with Crippen LogP contribution in [0, 0.1) is 6.92 Å². The first kappa shape index (κ1) is 13.7. The fourth-order valence-corrected chi connectivity index (χ4v) is 2.91. The molecular weight excluding hydrogens is 270 g/mol. The molecule has 3 rings (SSSR count). The quantitative estimate of drug-likeness (QED) is 0.922. The van der Waals surface area contributed by atoms with E-state index in [1.165, 1.54) is 4.90 Å². The van der Waals surface area contributed by atoms with Gasteiger partial charge in [0, 0.05) is 17.5 Å². The monoisotopic (exact) mass is 287 g/mol. The van der Waals surface area contributed by atoms with Gasteiger partial charge in [-0.1, -0.05) is 0 Å². The van der Waals surface area contributed by atoms with E-state index in [1.54, 1.807) is 18.2 Å². The van der Waals surface area contributed by atoms with Gasteiger partial charge < -0.3 is 14.4 Å². The Morgan fingerprint density at radius 1 is 1.29 bits per heavy atom. The van der Waals surface area contributed by atoms with Gasteiger partial charge in [-0.15, -0.1) is 0 Å². The number of benzene rings is 1. The summed E-state index contributed by atoms with van der Waals surface area (Å²) in [6, 6.07) is 6.38. The molecule has 1 aliphatic rings. The molecule has 1 saturated heterocycles. The van der Waals surface area contributed by atoms with Crippen LogP contribution in [-0.4, -0.2) is 34.5 Å². The van der Waals surface area contributed by atoms with Crippen LogP contribution in [0.25, 0.3) is 11.0 Å². The molecule has 0 spiro atoms. The average molecular weight is 287 g/mol. The number of fused-ring (bicyclic) bond motifs is 1. The summed E-state index contributed by atoms with van der Waals surface area (Å²) in [5.74, 6) is -0.359. The van der Waals surface area contributed by atoms with Crippen molar-refractivity contribution in [3.8, 4) is 0 Å². The number of aliphatic carboxylic acids is 1. The number of carbonyl (C=O) groups excluding carboxylic acids is 1. The second-order valence-corrected chi connectivity index (χ2v) is 5.46. The first-order chi connectivity index (χ1) is 10.1. The Kier molecular flexibility index (Phi) is 3.41. The lowest BCUT2D eigenvalue weighted by atomic mass is 10.0. The SMILES string of the molecule is Cc1cc2cc(C(=O)N3CCCCC3C(=O)O)ccc2o1. The standard InChI is InChI=1S/C16H17NO4/c1-10-8-12-9-11(5-6-14(12)21-10)15(18)17-7-3-2-4-13(17)16(19)20/h5-6,8-9,13H,2-4,7H2,1H3,(H,19,20). The fourth-order valence-electron chi connectivity index (χ4n) is 2.91. The van der Waals surface area contributed by atoms with Crippen molar-refractivity contribution in [3.05, 3.63) is 35.6 Å². The Morgan fingerprint density at radius 3 is 2.86 bits per heavy atom. The number of rotatable bonds is 2. The molecule has 1 N–H and O–H groups in total. The van der Waals surface area contributed by atoms with E-state index in [0.29, 0.717) is 18.5 Å². The van der Waals surface area contributed by atoms with Crippen molar-refractivity contribution in [3.63, 3.8) is 0 Å². The van der Waals surface area contributed by atoms with Crippen molar-refractivity contribution in [1.82, 2.24) is 4.90 Å². The number of carboxylic acid groups (broad SMARTS) is 1. The first-order valence-corrected chi connectivity index (χ1v) is 7.10. The molecule has 21 heavy (non-hydrogen) atoms. The van der Waals surface area contributed by atoms with Gasteiger partial charge >= 0.3 is 5.97 Å². The molecule has 5 heteroatoms. The first-order valence-electron chi connectivity index (χ1n) is 7.10. The van der Waals surface area contributed by atoms with Gasteiger partial charge in [-0.05, 0) is 50.5 Å². The van der Waals surface area contributed by atoms with E-state index in [9.17, 15) is 14.7 Å². The molecule has 1 aromatic carbocycles. The number of carboxylic acids is 1. The zero-order valence-corrected chi connectivity index (χ0v) is 11.8. The van der Waals surface area contributed by atoms with Crippen LogP contribution in [0.4, 0.5) is 0 Å². The average Bonchev–Trinajstić information content (AvgIpc) is 2.85. The zero-order chi connectivity index (χ0) is 15.0. The van der Waals surface area contributed by atoms with Gasteiger partial charge in [-0.3, -0.25) is 4.79 Å². The molecule has 0 aliphatic carbocycles. The van der Waals surface area contributed by atoms with E-state index in [0.717, 1.165) is 29.6 Å². The molecule has 0 saturated carbocycles. The maximum atomic E-state index is 12.6. The van der Waals surface area contributed by atoms with Gasteiger partial charge in [0.2, 0.25) is 0 Å². The summed E-state index contributed by atoms with van der Waals surface area (Å²) in [6.45, 7) is 2.35. The highest BCUT2D eigenvalue weighted by atomic mass is 16.4. The number of likely N-dealkylation sites (tertiary alicyclic amines) is 1. The van der Waals surface area contributed by atoms with E-state index >= 15 is 0 Å². The number of carbonyl (C=O) groups is 2. The van der Waals surface area contributed by atoms with Crippen molar-refractivity contribution in [2.24, 2.45) is 0 Å². The van der Waals surface area contributed by atoms with Crippen LogP contribution < -0.4 is 0 Å². The summed E-state index contributed by atoms with van der Waals surface area (Å²) >= 11 is 0. The van der Waals surface area contributed by atoms with Gasteiger partial charge in [0.25, 0.3) is 5.91 Å². The Labute approximate surface area is 122 Å². The van der Waals surface area contributed by atoms with E-state index in [4.69, 9.17) is 4.42 Å². The Balaban J connectivity index is 1.92. The van der Waals surface area contributed by atoms with Crippen molar-refractivity contribution < 1.29 is 19.1 Å². The molecular formula is C16H17NO4. The molecule has 110 valence electrons. The molecule has 2 heterocycles. The normalized spacial score (nSPS) is 18.9. The predicted molar refractivity (Wildman–Crippen MR) is 77.3 cm³/mol. The van der Waals surface area contributed by atoms with Crippen molar-refractivity contribution >= 4 is 22.8 Å². The fraction of sp³-hybridized carbons (Fsp3) is 0.375. The van der Waals surface area contributed by atoms with Crippen LogP contribution in [0.15, 0.2) is 28.7 Å². The number of aryl methyl sites for hydroxylation is 1. The van der Waals surface area contributed by atoms with Crippen molar-refractivity contribution in [2.45, 2.75) is 32.2 Å². The van der Waals surface area contributed by atoms with Gasteiger partial charge in [0.1, 0.15) is 17.4 Å². The van der Waals surface area contributed by atoms with Crippen LogP contribution in [0.2, 0.25) is 0 Å². The highest BCUT2D eigenvalue weighted by Gasteiger charge is 2.32. The Bertz CT molecular complexity index is 703. The summed E-state index contributed by atoms with van der Waals surface area (Å²) in [5.41, 5.74) is 1.24. The molecule has 0 bridgehead atoms. The third kappa shape index (κ3) is 2.51. The lowest BCUT2D eigenvalue weighted by Gasteiger charge is -2.33. The number of hydrogen-bond acceptors (Lipinski definition) is 3. The highest BCUT2D eigenvalue weighted by molar-refractivity contribution is 5.99. The predicted octanol–water partition coefficient (Wildman–Crippen LogP) is 2.82. The summed E-state index contributed by atoms with van der Waals surface area (Å²) in [4.78, 5) is 25.4. The smallest absolute Gasteiger partial charge is 0.326 e. The summed E-state index contributed by atoms with van der Waals surface area (Å²) < 4.78 is 5.49. The van der Waals surface area contributed by atoms with E-state index in [-0.39, 0.29) is 5.91 Å². The van der Waals surface area contributed by atoms with Crippen LogP contribution in [0.5, 0.6) is 0 Å². The maximum absolute atomic E-state index is 12.6. The van der Waals surface area contributed by atoms with E-state index < -0.39 is 12.0 Å². The summed E-state index contributed by atoms with van der Waals surface area (Å²) in [7, 11) is 0. The van der Waals surface area contributed by atoms with Crippen LogP contribution in [0.3, 0.4) is 0 Å². The van der Waals surface area contributed by atoms with E-state index in [2.05, 4.69) is 0 Å². The molecule has 1 unspecified atom stereocenters. The van der Waals surface area contributed by atoms with Crippen LogP contribution >= 0.6 is 0 Å². The third-order valence-corrected chi connectivity index (χ3v) is 3.94. The topological polar surface area (TPSA) is 70.8 Å². The van der Waals surface area contributed by atoms with Gasteiger partial charge in [-0.25, -0.2) is 4.79 Å². The molecule has 5 nitrogen and oxygen atoms in total. The second-order valence-electron chi connectivity index (χ2n) is 5.46. The zero-order valence-electron chi connectivity index (χ0n) is 11.8. The largest absolute Gasteiger partial charge is 0.480 e. The van der Waals surface area contributed by atoms with Crippen LogP contribution in [-0.2, 0) is 4.79 Å². The second kappa shape index (κ2) is 5.24. The van der Waals surface area contributed by atoms with Gasteiger partial charge in [0.05, 0.1) is 0 Å². The number of furan rings is 1. The lowest BCUT2D eigenvalue weighted by molar-refractivity contribution is -0.143.